The van der Waals surface area contributed by atoms with Crippen LogP contribution < -0.4 is 5.32 Å². The number of fused-ring (bicyclic) bond motifs is 1. The third kappa shape index (κ3) is 2.71. The van der Waals surface area contributed by atoms with E-state index < -0.39 is 0 Å². The van der Waals surface area contributed by atoms with Crippen LogP contribution in [0.4, 0.5) is 4.39 Å². The Bertz CT molecular complexity index is 572. The molecule has 3 rings (SSSR count). The Balaban J connectivity index is 0.00000133. The minimum atomic E-state index is -0.199. The normalized spacial score (nSPS) is 15.3. The van der Waals surface area contributed by atoms with Crippen LogP contribution >= 0.6 is 12.4 Å². The Morgan fingerprint density at radius 1 is 1.37 bits per heavy atom. The lowest BCUT2D eigenvalue weighted by Crippen LogP contribution is -2.55. The van der Waals surface area contributed by atoms with Crippen LogP contribution in [-0.4, -0.2) is 36.1 Å². The first-order valence-corrected chi connectivity index (χ1v) is 6.19. The average molecular weight is 282 g/mol. The van der Waals surface area contributed by atoms with Crippen LogP contribution in [0.5, 0.6) is 0 Å². The average Bonchev–Trinajstić information content (AvgIpc) is 2.31. The molecule has 0 amide bonds. The summed E-state index contributed by atoms with van der Waals surface area (Å²) < 4.78 is 13.7. The van der Waals surface area contributed by atoms with E-state index in [9.17, 15) is 4.39 Å². The standard InChI is InChI=1S/C14H16FN3.ClH/c1-18(11-7-16-8-11)9-10-4-5-13(15)12-3-2-6-17-14(10)12;/h2-6,11,16H,7-9H2,1H3;1H. The molecule has 5 heteroatoms. The fraction of sp³-hybridized carbons (Fsp3) is 0.357. The van der Waals surface area contributed by atoms with Crippen molar-refractivity contribution >= 4 is 23.3 Å². The molecule has 1 saturated heterocycles. The van der Waals surface area contributed by atoms with Gasteiger partial charge in [0.1, 0.15) is 5.82 Å². The molecule has 0 spiro atoms. The van der Waals surface area contributed by atoms with Crippen molar-refractivity contribution in [3.63, 3.8) is 0 Å². The van der Waals surface area contributed by atoms with Crippen molar-refractivity contribution < 1.29 is 4.39 Å². The van der Waals surface area contributed by atoms with E-state index in [-0.39, 0.29) is 18.2 Å². The molecule has 0 atom stereocenters. The molecule has 102 valence electrons. The van der Waals surface area contributed by atoms with Gasteiger partial charge in [0.15, 0.2) is 0 Å². The summed E-state index contributed by atoms with van der Waals surface area (Å²) in [4.78, 5) is 6.61. The maximum Gasteiger partial charge on any atom is 0.132 e. The van der Waals surface area contributed by atoms with Gasteiger partial charge in [0.05, 0.1) is 5.52 Å². The van der Waals surface area contributed by atoms with Crippen molar-refractivity contribution in [1.82, 2.24) is 15.2 Å². The summed E-state index contributed by atoms with van der Waals surface area (Å²) in [5.41, 5.74) is 1.86. The zero-order chi connectivity index (χ0) is 12.5. The summed E-state index contributed by atoms with van der Waals surface area (Å²) in [6.07, 6.45) is 1.72. The van der Waals surface area contributed by atoms with Crippen LogP contribution in [0.25, 0.3) is 10.9 Å². The number of benzene rings is 1. The summed E-state index contributed by atoms with van der Waals surface area (Å²) in [5, 5.41) is 3.86. The largest absolute Gasteiger partial charge is 0.314 e. The molecule has 2 aromatic rings. The molecule has 1 aliphatic heterocycles. The highest BCUT2D eigenvalue weighted by Gasteiger charge is 2.22. The third-order valence-corrected chi connectivity index (χ3v) is 3.60. The molecule has 1 aromatic heterocycles. The van der Waals surface area contributed by atoms with E-state index in [1.807, 2.05) is 6.07 Å². The molecule has 1 N–H and O–H groups in total. The molecular weight excluding hydrogens is 265 g/mol. The Kier molecular flexibility index (Phi) is 4.34. The van der Waals surface area contributed by atoms with Gasteiger partial charge in [0.2, 0.25) is 0 Å². The summed E-state index contributed by atoms with van der Waals surface area (Å²) in [6.45, 7) is 2.87. The fourth-order valence-corrected chi connectivity index (χ4v) is 2.31. The van der Waals surface area contributed by atoms with Crippen LogP contribution in [0.3, 0.4) is 0 Å². The molecular formula is C14H17ClFN3. The van der Waals surface area contributed by atoms with E-state index in [1.54, 1.807) is 18.3 Å². The zero-order valence-electron chi connectivity index (χ0n) is 10.8. The lowest BCUT2D eigenvalue weighted by atomic mass is 10.1. The van der Waals surface area contributed by atoms with Crippen LogP contribution in [-0.2, 0) is 6.54 Å². The monoisotopic (exact) mass is 281 g/mol. The van der Waals surface area contributed by atoms with Gasteiger partial charge in [0.25, 0.3) is 0 Å². The molecule has 3 nitrogen and oxygen atoms in total. The van der Waals surface area contributed by atoms with Crippen molar-refractivity contribution in [3.8, 4) is 0 Å². The highest BCUT2D eigenvalue weighted by Crippen LogP contribution is 2.21. The molecule has 0 saturated carbocycles. The Labute approximate surface area is 118 Å². The van der Waals surface area contributed by atoms with E-state index >= 15 is 0 Å². The SMILES string of the molecule is CN(Cc1ccc(F)c2cccnc12)C1CNC1.Cl. The number of hydrogen-bond donors (Lipinski definition) is 1. The van der Waals surface area contributed by atoms with Gasteiger partial charge >= 0.3 is 0 Å². The highest BCUT2D eigenvalue weighted by atomic mass is 35.5. The first-order chi connectivity index (χ1) is 8.75. The van der Waals surface area contributed by atoms with Gasteiger partial charge in [-0.15, -0.1) is 12.4 Å². The lowest BCUT2D eigenvalue weighted by molar-refractivity contribution is 0.173. The summed E-state index contributed by atoms with van der Waals surface area (Å²) in [6, 6.07) is 7.51. The van der Waals surface area contributed by atoms with Crippen molar-refractivity contribution in [2.75, 3.05) is 20.1 Å². The predicted octanol–water partition coefficient (Wildman–Crippen LogP) is 2.20. The number of nitrogens with one attached hydrogen (secondary N) is 1. The van der Waals surface area contributed by atoms with E-state index in [0.717, 1.165) is 30.7 Å². The van der Waals surface area contributed by atoms with Gasteiger partial charge < -0.3 is 5.32 Å². The number of halogens is 2. The lowest BCUT2D eigenvalue weighted by Gasteiger charge is -2.35. The molecule has 1 aliphatic rings. The zero-order valence-corrected chi connectivity index (χ0v) is 11.6. The van der Waals surface area contributed by atoms with Crippen LogP contribution in [0.15, 0.2) is 30.5 Å². The number of hydrogen-bond acceptors (Lipinski definition) is 3. The van der Waals surface area contributed by atoms with Crippen molar-refractivity contribution in [1.29, 1.82) is 0 Å². The molecule has 0 aliphatic carbocycles. The fourth-order valence-electron chi connectivity index (χ4n) is 2.31. The molecule has 1 fully saturated rings. The predicted molar refractivity (Wildman–Crippen MR) is 77.1 cm³/mol. The van der Waals surface area contributed by atoms with Crippen molar-refractivity contribution in [3.05, 3.63) is 41.8 Å². The Morgan fingerprint density at radius 3 is 2.84 bits per heavy atom. The van der Waals surface area contributed by atoms with E-state index in [2.05, 4.69) is 22.2 Å². The second-order valence-corrected chi connectivity index (χ2v) is 4.83. The number of pyridine rings is 1. The van der Waals surface area contributed by atoms with Crippen LogP contribution in [0.2, 0.25) is 0 Å². The van der Waals surface area contributed by atoms with Gasteiger partial charge in [-0.05, 0) is 30.8 Å². The quantitative estimate of drug-likeness (QED) is 0.935. The third-order valence-electron chi connectivity index (χ3n) is 3.60. The summed E-state index contributed by atoms with van der Waals surface area (Å²) in [7, 11) is 2.10. The number of nitrogens with zero attached hydrogens (tertiary/aromatic N) is 2. The van der Waals surface area contributed by atoms with E-state index in [4.69, 9.17) is 0 Å². The first kappa shape index (κ1) is 14.2. The maximum absolute atomic E-state index is 13.7. The molecule has 0 bridgehead atoms. The number of aromatic nitrogens is 1. The summed E-state index contributed by atoms with van der Waals surface area (Å²) in [5.74, 6) is -0.199. The summed E-state index contributed by atoms with van der Waals surface area (Å²) >= 11 is 0. The molecule has 2 heterocycles. The van der Waals surface area contributed by atoms with Gasteiger partial charge in [-0.3, -0.25) is 9.88 Å². The molecule has 0 unspecified atom stereocenters. The van der Waals surface area contributed by atoms with Gasteiger partial charge in [-0.25, -0.2) is 4.39 Å². The highest BCUT2D eigenvalue weighted by molar-refractivity contribution is 5.85. The van der Waals surface area contributed by atoms with Crippen LogP contribution in [0.1, 0.15) is 5.56 Å². The molecule has 1 aromatic carbocycles. The second-order valence-electron chi connectivity index (χ2n) is 4.83. The second kappa shape index (κ2) is 5.82. The maximum atomic E-state index is 13.7. The number of rotatable bonds is 3. The van der Waals surface area contributed by atoms with Crippen molar-refractivity contribution in [2.45, 2.75) is 12.6 Å². The Hall–Kier alpha value is -1.23. The van der Waals surface area contributed by atoms with Gasteiger partial charge in [-0.1, -0.05) is 6.07 Å². The van der Waals surface area contributed by atoms with Crippen LogP contribution in [0, 0.1) is 5.82 Å². The topological polar surface area (TPSA) is 28.2 Å². The number of likely N-dealkylation sites (N-methyl/N-ethyl adjacent to an activating group) is 1. The minimum absolute atomic E-state index is 0. The first-order valence-electron chi connectivity index (χ1n) is 6.19. The Morgan fingerprint density at radius 2 is 2.16 bits per heavy atom. The van der Waals surface area contributed by atoms with E-state index in [1.165, 1.54) is 6.07 Å². The minimum Gasteiger partial charge on any atom is -0.314 e. The van der Waals surface area contributed by atoms with E-state index in [0.29, 0.717) is 11.4 Å². The van der Waals surface area contributed by atoms with Gasteiger partial charge in [0, 0.05) is 37.3 Å². The van der Waals surface area contributed by atoms with Gasteiger partial charge in [-0.2, -0.15) is 0 Å². The molecule has 19 heavy (non-hydrogen) atoms. The smallest absolute Gasteiger partial charge is 0.132 e. The van der Waals surface area contributed by atoms with Crippen molar-refractivity contribution in [2.24, 2.45) is 0 Å². The molecule has 0 radical (unpaired) electrons.